The highest BCUT2D eigenvalue weighted by atomic mass is 32.1. The lowest BCUT2D eigenvalue weighted by atomic mass is 10.1. The quantitative estimate of drug-likeness (QED) is 0.834. The second-order valence-electron chi connectivity index (χ2n) is 4.65. The monoisotopic (exact) mass is 302 g/mol. The maximum Gasteiger partial charge on any atom is 0.279 e. The van der Waals surface area contributed by atoms with Crippen LogP contribution in [0.2, 0.25) is 0 Å². The summed E-state index contributed by atoms with van der Waals surface area (Å²) in [7, 11) is 0. The molecular formula is C16H18N2O2S. The molecule has 1 heterocycles. The zero-order valence-corrected chi connectivity index (χ0v) is 12.7. The molecule has 2 N–H and O–H groups in total. The van der Waals surface area contributed by atoms with Gasteiger partial charge in [-0.3, -0.25) is 20.4 Å². The van der Waals surface area contributed by atoms with Gasteiger partial charge in [0.2, 0.25) is 5.91 Å². The van der Waals surface area contributed by atoms with Crippen molar-refractivity contribution in [3.63, 3.8) is 0 Å². The normalized spacial score (nSPS) is 10.1. The van der Waals surface area contributed by atoms with E-state index in [9.17, 15) is 9.59 Å². The summed E-state index contributed by atoms with van der Waals surface area (Å²) in [6.07, 6.45) is 2.01. The summed E-state index contributed by atoms with van der Waals surface area (Å²) < 4.78 is 0. The van der Waals surface area contributed by atoms with Crippen LogP contribution in [0.3, 0.4) is 0 Å². The summed E-state index contributed by atoms with van der Waals surface area (Å²) in [6.45, 7) is 2.11. The molecule has 1 aromatic heterocycles. The van der Waals surface area contributed by atoms with E-state index in [2.05, 4.69) is 29.9 Å². The van der Waals surface area contributed by atoms with Crippen LogP contribution in [0.15, 0.2) is 41.8 Å². The molecule has 0 radical (unpaired) electrons. The van der Waals surface area contributed by atoms with Gasteiger partial charge >= 0.3 is 0 Å². The molecule has 0 bridgehead atoms. The van der Waals surface area contributed by atoms with Crippen molar-refractivity contribution in [1.82, 2.24) is 10.9 Å². The molecule has 0 fully saturated rings. The van der Waals surface area contributed by atoms with Crippen LogP contribution in [0, 0.1) is 0 Å². The number of amides is 2. The maximum atomic E-state index is 11.7. The van der Waals surface area contributed by atoms with E-state index in [4.69, 9.17) is 0 Å². The second-order valence-corrected chi connectivity index (χ2v) is 5.60. The van der Waals surface area contributed by atoms with Gasteiger partial charge in [0.05, 0.1) is 4.88 Å². The number of hydrazine groups is 1. The van der Waals surface area contributed by atoms with Crippen molar-refractivity contribution in [1.29, 1.82) is 0 Å². The molecule has 1 aromatic carbocycles. The molecule has 0 saturated heterocycles. The van der Waals surface area contributed by atoms with E-state index in [1.807, 2.05) is 17.5 Å². The fourth-order valence-corrected chi connectivity index (χ4v) is 2.48. The molecule has 21 heavy (non-hydrogen) atoms. The van der Waals surface area contributed by atoms with Gasteiger partial charge in [-0.15, -0.1) is 11.3 Å². The molecule has 2 rings (SSSR count). The van der Waals surface area contributed by atoms with Crippen LogP contribution in [-0.2, 0) is 17.6 Å². The molecule has 0 atom stereocenters. The lowest BCUT2D eigenvalue weighted by Gasteiger charge is -2.06. The fourth-order valence-electron chi connectivity index (χ4n) is 1.86. The second kappa shape index (κ2) is 7.59. The van der Waals surface area contributed by atoms with Crippen LogP contribution in [0.4, 0.5) is 0 Å². The first-order chi connectivity index (χ1) is 10.2. The molecule has 0 aliphatic rings. The molecule has 110 valence electrons. The van der Waals surface area contributed by atoms with Crippen LogP contribution < -0.4 is 10.9 Å². The van der Waals surface area contributed by atoms with Crippen molar-refractivity contribution in [3.8, 4) is 0 Å². The lowest BCUT2D eigenvalue weighted by Crippen LogP contribution is -2.41. The Morgan fingerprint density at radius 2 is 1.76 bits per heavy atom. The molecule has 0 unspecified atom stereocenters. The van der Waals surface area contributed by atoms with Crippen LogP contribution in [0.5, 0.6) is 0 Å². The van der Waals surface area contributed by atoms with Gasteiger partial charge in [0.15, 0.2) is 0 Å². The largest absolute Gasteiger partial charge is 0.279 e. The van der Waals surface area contributed by atoms with E-state index in [0.717, 1.165) is 12.0 Å². The van der Waals surface area contributed by atoms with Crippen molar-refractivity contribution in [3.05, 3.63) is 57.8 Å². The Bertz CT molecular complexity index is 591. The number of hydrogen-bond acceptors (Lipinski definition) is 3. The topological polar surface area (TPSA) is 58.2 Å². The first kappa shape index (κ1) is 15.3. The average Bonchev–Trinajstić information content (AvgIpc) is 3.05. The Labute approximate surface area is 128 Å². The van der Waals surface area contributed by atoms with E-state index in [1.54, 1.807) is 12.1 Å². The Morgan fingerprint density at radius 3 is 2.38 bits per heavy atom. The van der Waals surface area contributed by atoms with Crippen LogP contribution >= 0.6 is 11.3 Å². The highest BCUT2D eigenvalue weighted by molar-refractivity contribution is 7.12. The van der Waals surface area contributed by atoms with E-state index < -0.39 is 0 Å². The standard InChI is InChI=1S/C16H18N2O2S/c1-2-12-5-7-13(8-6-12)9-10-15(19)17-18-16(20)14-4-3-11-21-14/h3-8,11H,2,9-10H2,1H3,(H,17,19)(H,18,20). The molecule has 5 heteroatoms. The van der Waals surface area contributed by atoms with Gasteiger partial charge in [-0.1, -0.05) is 37.3 Å². The molecule has 0 spiro atoms. The van der Waals surface area contributed by atoms with Crippen molar-refractivity contribution in [2.24, 2.45) is 0 Å². The smallest absolute Gasteiger partial charge is 0.273 e. The van der Waals surface area contributed by atoms with Gasteiger partial charge < -0.3 is 0 Å². The molecule has 2 aromatic rings. The van der Waals surface area contributed by atoms with Crippen LogP contribution in [0.25, 0.3) is 0 Å². The van der Waals surface area contributed by atoms with E-state index in [1.165, 1.54) is 16.9 Å². The molecule has 0 aliphatic carbocycles. The summed E-state index contributed by atoms with van der Waals surface area (Å²) in [5.74, 6) is -0.481. The van der Waals surface area contributed by atoms with Gasteiger partial charge in [-0.2, -0.15) is 0 Å². The molecule has 2 amide bonds. The number of hydrogen-bond donors (Lipinski definition) is 2. The number of carbonyl (C=O) groups excluding carboxylic acids is 2. The maximum absolute atomic E-state index is 11.7. The first-order valence-electron chi connectivity index (χ1n) is 6.89. The predicted molar refractivity (Wildman–Crippen MR) is 84.1 cm³/mol. The average molecular weight is 302 g/mol. The van der Waals surface area contributed by atoms with Gasteiger partial charge in [-0.05, 0) is 35.4 Å². The zero-order valence-electron chi connectivity index (χ0n) is 11.9. The van der Waals surface area contributed by atoms with Gasteiger partial charge in [0, 0.05) is 6.42 Å². The molecule has 0 saturated carbocycles. The summed E-state index contributed by atoms with van der Waals surface area (Å²) in [5, 5.41) is 1.82. The number of benzene rings is 1. The molecule has 0 aliphatic heterocycles. The highest BCUT2D eigenvalue weighted by Gasteiger charge is 2.08. The van der Waals surface area contributed by atoms with E-state index >= 15 is 0 Å². The van der Waals surface area contributed by atoms with Crippen molar-refractivity contribution < 1.29 is 9.59 Å². The number of rotatable bonds is 5. The summed E-state index contributed by atoms with van der Waals surface area (Å²) >= 11 is 1.33. The van der Waals surface area contributed by atoms with Crippen LogP contribution in [-0.4, -0.2) is 11.8 Å². The Hall–Kier alpha value is -2.14. The molecule has 4 nitrogen and oxygen atoms in total. The zero-order chi connectivity index (χ0) is 15.1. The van der Waals surface area contributed by atoms with Crippen molar-refractivity contribution in [2.75, 3.05) is 0 Å². The van der Waals surface area contributed by atoms with E-state index in [-0.39, 0.29) is 11.8 Å². The number of thiophene rings is 1. The van der Waals surface area contributed by atoms with Gasteiger partial charge in [0.1, 0.15) is 0 Å². The number of carbonyl (C=O) groups is 2. The fraction of sp³-hybridized carbons (Fsp3) is 0.250. The molecular weight excluding hydrogens is 284 g/mol. The van der Waals surface area contributed by atoms with Gasteiger partial charge in [0.25, 0.3) is 5.91 Å². The number of nitrogens with one attached hydrogen (secondary N) is 2. The van der Waals surface area contributed by atoms with Crippen molar-refractivity contribution in [2.45, 2.75) is 26.2 Å². The summed E-state index contributed by atoms with van der Waals surface area (Å²) in [4.78, 5) is 23.9. The predicted octanol–water partition coefficient (Wildman–Crippen LogP) is 2.70. The first-order valence-corrected chi connectivity index (χ1v) is 7.77. The summed E-state index contributed by atoms with van der Waals surface area (Å²) in [6, 6.07) is 11.7. The summed E-state index contributed by atoms with van der Waals surface area (Å²) in [5.41, 5.74) is 7.24. The van der Waals surface area contributed by atoms with Crippen LogP contribution in [0.1, 0.15) is 34.1 Å². The third-order valence-electron chi connectivity index (χ3n) is 3.13. The third-order valence-corrected chi connectivity index (χ3v) is 4.00. The van der Waals surface area contributed by atoms with Gasteiger partial charge in [-0.25, -0.2) is 0 Å². The minimum atomic E-state index is -0.286. The Balaban J connectivity index is 1.73. The lowest BCUT2D eigenvalue weighted by molar-refractivity contribution is -0.121. The Kier molecular flexibility index (Phi) is 5.51. The Morgan fingerprint density at radius 1 is 1.05 bits per heavy atom. The minimum Gasteiger partial charge on any atom is -0.273 e. The third kappa shape index (κ3) is 4.72. The number of aryl methyl sites for hydroxylation is 2. The highest BCUT2D eigenvalue weighted by Crippen LogP contribution is 2.08. The van der Waals surface area contributed by atoms with E-state index in [0.29, 0.717) is 17.7 Å². The SMILES string of the molecule is CCc1ccc(CCC(=O)NNC(=O)c2cccs2)cc1. The van der Waals surface area contributed by atoms with Crippen molar-refractivity contribution >= 4 is 23.2 Å². The minimum absolute atomic E-state index is 0.195.